The van der Waals surface area contributed by atoms with Crippen LogP contribution in [0.2, 0.25) is 0 Å². The average molecular weight is 276 g/mol. The van der Waals surface area contributed by atoms with Gasteiger partial charge in [-0.3, -0.25) is 4.79 Å². The van der Waals surface area contributed by atoms with E-state index >= 15 is 0 Å². The van der Waals surface area contributed by atoms with Crippen LogP contribution in [0.25, 0.3) is 0 Å². The summed E-state index contributed by atoms with van der Waals surface area (Å²) in [5, 5.41) is 2.98. The third-order valence-electron chi connectivity index (χ3n) is 4.20. The first-order valence-corrected chi connectivity index (χ1v) is 7.22. The second-order valence-electron chi connectivity index (χ2n) is 5.86. The van der Waals surface area contributed by atoms with Gasteiger partial charge in [0.2, 0.25) is 5.91 Å². The van der Waals surface area contributed by atoms with E-state index in [9.17, 15) is 4.79 Å². The Bertz CT molecular complexity index is 501. The van der Waals surface area contributed by atoms with E-state index in [1.165, 1.54) is 24.0 Å². The van der Waals surface area contributed by atoms with Crippen LogP contribution in [0, 0.1) is 0 Å². The molecule has 110 valence electrons. The molecule has 0 saturated heterocycles. The Morgan fingerprint density at radius 1 is 1.45 bits per heavy atom. The highest BCUT2D eigenvalue weighted by atomic mass is 16.5. The average Bonchev–Trinajstić information content (AvgIpc) is 2.85. The molecular weight excluding hydrogens is 252 g/mol. The molecule has 4 nitrogen and oxygen atoms in total. The normalized spacial score (nSPS) is 18.1. The molecule has 0 aliphatic heterocycles. The van der Waals surface area contributed by atoms with Gasteiger partial charge in [0.1, 0.15) is 5.75 Å². The molecule has 2 atom stereocenters. The van der Waals surface area contributed by atoms with Gasteiger partial charge in [0.05, 0.1) is 11.6 Å². The zero-order valence-corrected chi connectivity index (χ0v) is 12.5. The highest BCUT2D eigenvalue weighted by Gasteiger charge is 2.31. The molecule has 0 fully saturated rings. The van der Waals surface area contributed by atoms with E-state index in [0.717, 1.165) is 12.2 Å². The molecule has 3 N–H and O–H groups in total. The Morgan fingerprint density at radius 2 is 2.15 bits per heavy atom. The van der Waals surface area contributed by atoms with E-state index in [0.29, 0.717) is 6.42 Å². The fourth-order valence-corrected chi connectivity index (χ4v) is 2.80. The predicted octanol–water partition coefficient (Wildman–Crippen LogP) is 1.80. The predicted molar refractivity (Wildman–Crippen MR) is 79.8 cm³/mol. The number of likely N-dealkylation sites (N-methyl/N-ethyl adjacent to an activating group) is 1. The van der Waals surface area contributed by atoms with E-state index in [4.69, 9.17) is 10.5 Å². The van der Waals surface area contributed by atoms with Crippen LogP contribution in [0.4, 0.5) is 0 Å². The van der Waals surface area contributed by atoms with Crippen molar-refractivity contribution in [2.24, 2.45) is 5.73 Å². The number of benzene rings is 1. The maximum absolute atomic E-state index is 11.5. The van der Waals surface area contributed by atoms with E-state index in [1.807, 2.05) is 13.0 Å². The zero-order valence-electron chi connectivity index (χ0n) is 12.5. The summed E-state index contributed by atoms with van der Waals surface area (Å²) in [5.74, 6) is 0.519. The van der Waals surface area contributed by atoms with Gasteiger partial charge in [-0.05, 0) is 63.4 Å². The third kappa shape index (κ3) is 3.12. The minimum absolute atomic E-state index is 0.0839. The molecule has 1 aliphatic carbocycles. The van der Waals surface area contributed by atoms with Gasteiger partial charge >= 0.3 is 0 Å². The highest BCUT2D eigenvalue weighted by Crippen LogP contribution is 2.27. The van der Waals surface area contributed by atoms with Crippen LogP contribution < -0.4 is 15.8 Å². The molecule has 4 heteroatoms. The van der Waals surface area contributed by atoms with Gasteiger partial charge in [0.15, 0.2) is 0 Å². The Kier molecular flexibility index (Phi) is 4.33. The van der Waals surface area contributed by atoms with Crippen LogP contribution in [-0.2, 0) is 17.6 Å². The fraction of sp³-hybridized carbons (Fsp3) is 0.562. The molecule has 0 bridgehead atoms. The van der Waals surface area contributed by atoms with Crippen molar-refractivity contribution < 1.29 is 9.53 Å². The standard InChI is InChI=1S/C16H24N2O2/c1-11(10-16(2,18-3)15(17)19)20-14-8-7-12-5-4-6-13(12)9-14/h7-9,11,18H,4-6,10H2,1-3H3,(H2,17,19). The van der Waals surface area contributed by atoms with Gasteiger partial charge in [-0.2, -0.15) is 0 Å². The molecule has 0 saturated carbocycles. The minimum atomic E-state index is -0.740. The summed E-state index contributed by atoms with van der Waals surface area (Å²) in [4.78, 5) is 11.5. The number of primary amides is 1. The molecule has 0 radical (unpaired) electrons. The number of hydrogen-bond acceptors (Lipinski definition) is 3. The summed E-state index contributed by atoms with van der Waals surface area (Å²) in [6.45, 7) is 3.77. The van der Waals surface area contributed by atoms with Crippen molar-refractivity contribution in [3.63, 3.8) is 0 Å². The second-order valence-corrected chi connectivity index (χ2v) is 5.86. The quantitative estimate of drug-likeness (QED) is 0.832. The van der Waals surface area contributed by atoms with Crippen LogP contribution in [-0.4, -0.2) is 24.6 Å². The van der Waals surface area contributed by atoms with E-state index < -0.39 is 5.54 Å². The van der Waals surface area contributed by atoms with Crippen molar-refractivity contribution >= 4 is 5.91 Å². The first-order valence-electron chi connectivity index (χ1n) is 7.22. The summed E-state index contributed by atoms with van der Waals surface area (Å²) < 4.78 is 5.94. The topological polar surface area (TPSA) is 64.3 Å². The summed E-state index contributed by atoms with van der Waals surface area (Å²) in [7, 11) is 1.74. The van der Waals surface area contributed by atoms with Gasteiger partial charge in [0.25, 0.3) is 0 Å². The van der Waals surface area contributed by atoms with Crippen molar-refractivity contribution in [2.75, 3.05) is 7.05 Å². The fourth-order valence-electron chi connectivity index (χ4n) is 2.80. The number of rotatable bonds is 6. The molecule has 0 spiro atoms. The van der Waals surface area contributed by atoms with Gasteiger partial charge in [0, 0.05) is 6.42 Å². The highest BCUT2D eigenvalue weighted by molar-refractivity contribution is 5.84. The number of amides is 1. The molecule has 1 aliphatic rings. The van der Waals surface area contributed by atoms with Crippen LogP contribution in [0.3, 0.4) is 0 Å². The maximum atomic E-state index is 11.5. The van der Waals surface area contributed by atoms with Gasteiger partial charge in [-0.15, -0.1) is 0 Å². The number of aryl methyl sites for hydroxylation is 2. The molecule has 1 aromatic carbocycles. The SMILES string of the molecule is CNC(C)(CC(C)Oc1ccc2c(c1)CCC2)C(N)=O. The number of fused-ring (bicyclic) bond motifs is 1. The Morgan fingerprint density at radius 3 is 2.80 bits per heavy atom. The first kappa shape index (κ1) is 14.9. The number of ether oxygens (including phenoxy) is 1. The molecule has 2 rings (SSSR count). The van der Waals surface area contributed by atoms with E-state index in [1.54, 1.807) is 14.0 Å². The van der Waals surface area contributed by atoms with Crippen molar-refractivity contribution in [1.29, 1.82) is 0 Å². The molecule has 20 heavy (non-hydrogen) atoms. The summed E-state index contributed by atoms with van der Waals surface area (Å²) >= 11 is 0. The number of nitrogens with one attached hydrogen (secondary N) is 1. The molecule has 0 aromatic heterocycles. The van der Waals surface area contributed by atoms with Gasteiger partial charge in [-0.1, -0.05) is 6.07 Å². The number of nitrogens with two attached hydrogens (primary N) is 1. The van der Waals surface area contributed by atoms with Crippen LogP contribution in [0.1, 0.15) is 37.8 Å². The third-order valence-corrected chi connectivity index (χ3v) is 4.20. The van der Waals surface area contributed by atoms with Crippen molar-refractivity contribution in [1.82, 2.24) is 5.32 Å². The number of hydrogen-bond donors (Lipinski definition) is 2. The molecule has 2 unspecified atom stereocenters. The van der Waals surface area contributed by atoms with Crippen molar-refractivity contribution in [2.45, 2.75) is 51.2 Å². The lowest BCUT2D eigenvalue weighted by Crippen LogP contribution is -2.53. The Hall–Kier alpha value is -1.55. The van der Waals surface area contributed by atoms with Crippen LogP contribution in [0.5, 0.6) is 5.75 Å². The van der Waals surface area contributed by atoms with E-state index in [2.05, 4.69) is 17.4 Å². The monoisotopic (exact) mass is 276 g/mol. The van der Waals surface area contributed by atoms with E-state index in [-0.39, 0.29) is 12.0 Å². The van der Waals surface area contributed by atoms with Crippen LogP contribution >= 0.6 is 0 Å². The Balaban J connectivity index is 2.01. The summed E-state index contributed by atoms with van der Waals surface area (Å²) in [5.41, 5.74) is 7.52. The molecule has 1 aromatic rings. The van der Waals surface area contributed by atoms with Crippen LogP contribution in [0.15, 0.2) is 18.2 Å². The summed E-state index contributed by atoms with van der Waals surface area (Å²) in [6.07, 6.45) is 3.99. The maximum Gasteiger partial charge on any atom is 0.237 e. The summed E-state index contributed by atoms with van der Waals surface area (Å²) in [6, 6.07) is 6.29. The van der Waals surface area contributed by atoms with Gasteiger partial charge < -0.3 is 15.8 Å². The lowest BCUT2D eigenvalue weighted by atomic mass is 9.94. The van der Waals surface area contributed by atoms with Crippen molar-refractivity contribution in [3.8, 4) is 5.75 Å². The zero-order chi connectivity index (χ0) is 14.8. The second kappa shape index (κ2) is 5.83. The largest absolute Gasteiger partial charge is 0.491 e. The smallest absolute Gasteiger partial charge is 0.237 e. The lowest BCUT2D eigenvalue weighted by molar-refractivity contribution is -0.124. The number of carbonyl (C=O) groups is 1. The number of carbonyl (C=O) groups excluding carboxylic acids is 1. The molecule has 0 heterocycles. The lowest BCUT2D eigenvalue weighted by Gasteiger charge is -2.29. The van der Waals surface area contributed by atoms with Crippen molar-refractivity contribution in [3.05, 3.63) is 29.3 Å². The van der Waals surface area contributed by atoms with Gasteiger partial charge in [-0.25, -0.2) is 0 Å². The Labute approximate surface area is 120 Å². The first-order chi connectivity index (χ1) is 9.44. The minimum Gasteiger partial charge on any atom is -0.491 e. The molecular formula is C16H24N2O2. The molecule has 1 amide bonds.